The summed E-state index contributed by atoms with van der Waals surface area (Å²) >= 11 is 3.11. The molecule has 0 amide bonds. The van der Waals surface area contributed by atoms with Crippen molar-refractivity contribution in [3.63, 3.8) is 0 Å². The number of nitro groups is 1. The number of ether oxygens (including phenoxy) is 1. The first-order chi connectivity index (χ1) is 8.51. The number of carbonyl (C=O) groups is 1. The molecule has 0 bridgehead atoms. The minimum absolute atomic E-state index is 0.0406. The zero-order chi connectivity index (χ0) is 13.7. The number of esters is 1. The fraction of sp³-hybridized carbons (Fsp3) is 0.273. The van der Waals surface area contributed by atoms with Gasteiger partial charge < -0.3 is 4.74 Å². The van der Waals surface area contributed by atoms with Crippen LogP contribution in [0.2, 0.25) is 0 Å². The van der Waals surface area contributed by atoms with Crippen LogP contribution >= 0.6 is 15.9 Å². The molecule has 0 radical (unpaired) electrons. The maximum Gasteiger partial charge on any atom is 0.310 e. The lowest BCUT2D eigenvalue weighted by molar-refractivity contribution is -0.385. The van der Waals surface area contributed by atoms with E-state index in [4.69, 9.17) is 10.00 Å². The molecule has 0 aliphatic heterocycles. The fourth-order valence-corrected chi connectivity index (χ4v) is 1.94. The summed E-state index contributed by atoms with van der Waals surface area (Å²) in [7, 11) is 0. The number of hydrogen-bond donors (Lipinski definition) is 0. The van der Waals surface area contributed by atoms with E-state index in [0.717, 1.165) is 0 Å². The van der Waals surface area contributed by atoms with Crippen molar-refractivity contribution in [2.24, 2.45) is 0 Å². The molecule has 0 aliphatic carbocycles. The molecule has 0 fully saturated rings. The van der Waals surface area contributed by atoms with E-state index >= 15 is 0 Å². The van der Waals surface area contributed by atoms with Crippen LogP contribution in [0.15, 0.2) is 16.6 Å². The van der Waals surface area contributed by atoms with Crippen LogP contribution in [0.1, 0.15) is 18.1 Å². The Morgan fingerprint density at radius 3 is 2.78 bits per heavy atom. The second-order valence-electron chi connectivity index (χ2n) is 3.28. The lowest BCUT2D eigenvalue weighted by atomic mass is 10.1. The van der Waals surface area contributed by atoms with Crippen LogP contribution in [0, 0.1) is 21.4 Å². The normalized spacial score (nSPS) is 9.61. The average molecular weight is 313 g/mol. The Balaban J connectivity index is 3.15. The molecule has 1 rings (SSSR count). The zero-order valence-electron chi connectivity index (χ0n) is 9.47. The molecule has 0 saturated heterocycles. The van der Waals surface area contributed by atoms with E-state index in [0.29, 0.717) is 5.56 Å². The number of benzene rings is 1. The molecule has 0 aliphatic rings. The van der Waals surface area contributed by atoms with Crippen LogP contribution in [-0.4, -0.2) is 17.5 Å². The first kappa shape index (κ1) is 14.1. The molecule has 1 aromatic carbocycles. The summed E-state index contributed by atoms with van der Waals surface area (Å²) in [4.78, 5) is 21.4. The van der Waals surface area contributed by atoms with E-state index in [1.807, 2.05) is 0 Å². The van der Waals surface area contributed by atoms with E-state index < -0.39 is 10.9 Å². The molecule has 7 heteroatoms. The number of nitriles is 1. The summed E-state index contributed by atoms with van der Waals surface area (Å²) in [6.45, 7) is 1.94. The monoisotopic (exact) mass is 312 g/mol. The Morgan fingerprint density at radius 1 is 1.61 bits per heavy atom. The van der Waals surface area contributed by atoms with Crippen LogP contribution in [0.5, 0.6) is 0 Å². The van der Waals surface area contributed by atoms with Gasteiger partial charge in [-0.3, -0.25) is 14.9 Å². The van der Waals surface area contributed by atoms with Gasteiger partial charge in [0.2, 0.25) is 0 Å². The second kappa shape index (κ2) is 6.12. The first-order valence-corrected chi connectivity index (χ1v) is 5.82. The lowest BCUT2D eigenvalue weighted by Crippen LogP contribution is -2.08. The second-order valence-corrected chi connectivity index (χ2v) is 4.08. The minimum Gasteiger partial charge on any atom is -0.466 e. The minimum atomic E-state index is -0.641. The van der Waals surface area contributed by atoms with Gasteiger partial charge in [-0.15, -0.1) is 0 Å². The van der Waals surface area contributed by atoms with Gasteiger partial charge in [-0.2, -0.15) is 5.26 Å². The first-order valence-electron chi connectivity index (χ1n) is 5.02. The standard InChI is InChI=1S/C11H9BrN2O4/c1-2-18-10(15)5-7-3-4-9(14(16)17)8(6-13)11(7)12/h3-4H,2,5H2,1H3. The van der Waals surface area contributed by atoms with Crippen LogP contribution in [0.4, 0.5) is 5.69 Å². The summed E-state index contributed by atoms with van der Waals surface area (Å²) in [5.74, 6) is -0.448. The van der Waals surface area contributed by atoms with Crippen molar-refractivity contribution in [1.29, 1.82) is 5.26 Å². The van der Waals surface area contributed by atoms with Crippen molar-refractivity contribution in [3.05, 3.63) is 37.8 Å². The van der Waals surface area contributed by atoms with Gasteiger partial charge in [0.05, 0.1) is 18.0 Å². The lowest BCUT2D eigenvalue weighted by Gasteiger charge is -2.06. The summed E-state index contributed by atoms with van der Waals surface area (Å²) in [5.41, 5.74) is 0.0920. The third-order valence-corrected chi connectivity index (χ3v) is 3.05. The highest BCUT2D eigenvalue weighted by Gasteiger charge is 2.20. The predicted octanol–water partition coefficient (Wildman–Crippen LogP) is 2.33. The fourth-order valence-electron chi connectivity index (χ4n) is 1.37. The molecule has 1 aromatic rings. The van der Waals surface area contributed by atoms with Crippen molar-refractivity contribution in [2.45, 2.75) is 13.3 Å². The molecule has 0 N–H and O–H groups in total. The highest BCUT2D eigenvalue weighted by molar-refractivity contribution is 9.10. The molecule has 0 saturated carbocycles. The van der Waals surface area contributed by atoms with E-state index in [-0.39, 0.29) is 28.8 Å². The van der Waals surface area contributed by atoms with Crippen molar-refractivity contribution >= 4 is 27.6 Å². The zero-order valence-corrected chi connectivity index (χ0v) is 11.1. The Morgan fingerprint density at radius 2 is 2.28 bits per heavy atom. The smallest absolute Gasteiger partial charge is 0.310 e. The Labute approximate surface area is 111 Å². The van der Waals surface area contributed by atoms with E-state index in [1.165, 1.54) is 12.1 Å². The molecular formula is C11H9BrN2O4. The molecule has 94 valence electrons. The van der Waals surface area contributed by atoms with Gasteiger partial charge in [-0.25, -0.2) is 0 Å². The summed E-state index contributed by atoms with van der Waals surface area (Å²) in [6.07, 6.45) is -0.0406. The van der Waals surface area contributed by atoms with E-state index in [1.54, 1.807) is 13.0 Å². The average Bonchev–Trinajstić information content (AvgIpc) is 2.31. The van der Waals surface area contributed by atoms with Gasteiger partial charge in [-0.05, 0) is 28.4 Å². The Bertz CT molecular complexity index is 537. The van der Waals surface area contributed by atoms with Gasteiger partial charge in [0, 0.05) is 10.5 Å². The largest absolute Gasteiger partial charge is 0.466 e. The third-order valence-electron chi connectivity index (χ3n) is 2.15. The third kappa shape index (κ3) is 3.05. The van der Waals surface area contributed by atoms with Crippen molar-refractivity contribution in [3.8, 4) is 6.07 Å². The van der Waals surface area contributed by atoms with Gasteiger partial charge in [0.15, 0.2) is 0 Å². The molecule has 0 aromatic heterocycles. The molecule has 0 heterocycles. The highest BCUT2D eigenvalue weighted by atomic mass is 79.9. The maximum atomic E-state index is 11.3. The summed E-state index contributed by atoms with van der Waals surface area (Å²) in [5, 5.41) is 19.6. The van der Waals surface area contributed by atoms with Crippen LogP contribution in [0.3, 0.4) is 0 Å². The number of halogens is 1. The van der Waals surface area contributed by atoms with E-state index in [9.17, 15) is 14.9 Å². The highest BCUT2D eigenvalue weighted by Crippen LogP contribution is 2.29. The Hall–Kier alpha value is -1.94. The van der Waals surface area contributed by atoms with Crippen LogP contribution in [-0.2, 0) is 16.0 Å². The van der Waals surface area contributed by atoms with Crippen LogP contribution in [0.25, 0.3) is 0 Å². The Kier molecular flexibility index (Phi) is 4.80. The molecule has 18 heavy (non-hydrogen) atoms. The van der Waals surface area contributed by atoms with Crippen LogP contribution < -0.4 is 0 Å². The quantitative estimate of drug-likeness (QED) is 0.483. The molecule has 0 spiro atoms. The summed E-state index contributed by atoms with van der Waals surface area (Å²) < 4.78 is 5.03. The molecule has 0 unspecified atom stereocenters. The van der Waals surface area contributed by atoms with Crippen molar-refractivity contribution in [2.75, 3.05) is 6.61 Å². The predicted molar refractivity (Wildman–Crippen MR) is 65.8 cm³/mol. The SMILES string of the molecule is CCOC(=O)Cc1ccc([N+](=O)[O-])c(C#N)c1Br. The van der Waals surface area contributed by atoms with Gasteiger partial charge in [-0.1, -0.05) is 6.07 Å². The van der Waals surface area contributed by atoms with Gasteiger partial charge in [0.1, 0.15) is 11.6 Å². The van der Waals surface area contributed by atoms with Crippen molar-refractivity contribution < 1.29 is 14.5 Å². The molecule has 0 atom stereocenters. The molecule has 6 nitrogen and oxygen atoms in total. The number of hydrogen-bond acceptors (Lipinski definition) is 5. The summed E-state index contributed by atoms with van der Waals surface area (Å²) in [6, 6.07) is 4.39. The number of carbonyl (C=O) groups excluding carboxylic acids is 1. The number of nitro benzene ring substituents is 1. The maximum absolute atomic E-state index is 11.3. The van der Waals surface area contributed by atoms with Gasteiger partial charge >= 0.3 is 5.97 Å². The number of rotatable bonds is 4. The van der Waals surface area contributed by atoms with Gasteiger partial charge in [0.25, 0.3) is 5.69 Å². The van der Waals surface area contributed by atoms with E-state index in [2.05, 4.69) is 15.9 Å². The number of nitrogens with zero attached hydrogens (tertiary/aromatic N) is 2. The van der Waals surface area contributed by atoms with Crippen molar-refractivity contribution in [1.82, 2.24) is 0 Å². The molecular weight excluding hydrogens is 304 g/mol. The topological polar surface area (TPSA) is 93.2 Å².